The normalized spacial score (nSPS) is 13.8. The van der Waals surface area contributed by atoms with Crippen molar-refractivity contribution in [3.05, 3.63) is 47.4 Å². The Kier molecular flexibility index (Phi) is 4.93. The lowest BCUT2D eigenvalue weighted by atomic mass is 9.99. The largest absolute Gasteiger partial charge is 0.345 e. The number of aliphatic imine (C=N–C) groups is 1. The molecule has 1 aromatic carbocycles. The van der Waals surface area contributed by atoms with Crippen molar-refractivity contribution in [2.45, 2.75) is 33.6 Å². The number of aryl methyl sites for hydroxylation is 2. The number of halogens is 1. The van der Waals surface area contributed by atoms with Crippen LogP contribution in [-0.4, -0.2) is 30.3 Å². The highest BCUT2D eigenvalue weighted by molar-refractivity contribution is 5.99. The Bertz CT molecular complexity index is 759. The number of anilines is 1. The van der Waals surface area contributed by atoms with Crippen LogP contribution >= 0.6 is 0 Å². The van der Waals surface area contributed by atoms with Gasteiger partial charge in [-0.15, -0.1) is 0 Å². The quantitative estimate of drug-likeness (QED) is 0.820. The van der Waals surface area contributed by atoms with Crippen molar-refractivity contribution in [1.82, 2.24) is 4.98 Å². The van der Waals surface area contributed by atoms with Crippen molar-refractivity contribution in [3.63, 3.8) is 0 Å². The fraction of sp³-hybridized carbons (Fsp3) is 0.400. The van der Waals surface area contributed by atoms with Crippen molar-refractivity contribution >= 4 is 11.5 Å². The van der Waals surface area contributed by atoms with Crippen LogP contribution in [0.5, 0.6) is 0 Å². The van der Waals surface area contributed by atoms with Gasteiger partial charge in [0.1, 0.15) is 11.6 Å². The zero-order chi connectivity index (χ0) is 17.1. The zero-order valence-electron chi connectivity index (χ0n) is 14.6. The Morgan fingerprint density at radius 3 is 2.54 bits per heavy atom. The van der Waals surface area contributed by atoms with Gasteiger partial charge in [0.25, 0.3) is 0 Å². The topological polar surface area (TPSA) is 28.5 Å². The molecule has 0 bridgehead atoms. The molecule has 24 heavy (non-hydrogen) atoms. The van der Waals surface area contributed by atoms with E-state index < -0.39 is 0 Å². The Morgan fingerprint density at radius 1 is 1.12 bits per heavy atom. The molecule has 1 aromatic heterocycles. The summed E-state index contributed by atoms with van der Waals surface area (Å²) in [6, 6.07) is 7.67. The van der Waals surface area contributed by atoms with Crippen LogP contribution in [-0.2, 0) is 12.8 Å². The molecule has 0 saturated carbocycles. The minimum atomic E-state index is -0.127. The van der Waals surface area contributed by atoms with Gasteiger partial charge in [-0.05, 0) is 37.0 Å². The molecule has 0 aliphatic carbocycles. The Hall–Kier alpha value is -2.23. The summed E-state index contributed by atoms with van der Waals surface area (Å²) in [5, 5.41) is 0. The molecule has 0 spiro atoms. The monoisotopic (exact) mass is 325 g/mol. The third-order valence-electron chi connectivity index (χ3n) is 4.52. The van der Waals surface area contributed by atoms with Crippen LogP contribution in [0.15, 0.2) is 35.5 Å². The third-order valence-corrected chi connectivity index (χ3v) is 4.52. The molecule has 1 saturated heterocycles. The number of hydrogen-bond donors (Lipinski definition) is 0. The van der Waals surface area contributed by atoms with E-state index in [1.807, 2.05) is 25.1 Å². The number of benzene rings is 1. The summed E-state index contributed by atoms with van der Waals surface area (Å²) in [5.41, 5.74) is 4.63. The molecular formula is C20H24FN3. The van der Waals surface area contributed by atoms with Gasteiger partial charge in [-0.25, -0.2) is 9.37 Å². The second-order valence-electron chi connectivity index (χ2n) is 6.09. The third kappa shape index (κ3) is 3.05. The van der Waals surface area contributed by atoms with Gasteiger partial charge in [-0.2, -0.15) is 0 Å². The zero-order valence-corrected chi connectivity index (χ0v) is 14.6. The van der Waals surface area contributed by atoms with Crippen molar-refractivity contribution < 1.29 is 4.39 Å². The summed E-state index contributed by atoms with van der Waals surface area (Å²) in [7, 11) is 0. The molecule has 3 rings (SSSR count). The van der Waals surface area contributed by atoms with Gasteiger partial charge in [0, 0.05) is 23.9 Å². The van der Waals surface area contributed by atoms with Crippen LogP contribution in [0.4, 0.5) is 10.2 Å². The highest BCUT2D eigenvalue weighted by atomic mass is 19.1. The Morgan fingerprint density at radius 2 is 1.88 bits per heavy atom. The number of aromatic nitrogens is 1. The molecule has 1 aliphatic rings. The van der Waals surface area contributed by atoms with E-state index >= 15 is 0 Å². The lowest BCUT2D eigenvalue weighted by molar-refractivity contribution is 0.615. The second kappa shape index (κ2) is 7.12. The van der Waals surface area contributed by atoms with Gasteiger partial charge >= 0.3 is 0 Å². The van der Waals surface area contributed by atoms with E-state index in [-0.39, 0.29) is 5.82 Å². The summed E-state index contributed by atoms with van der Waals surface area (Å²) in [4.78, 5) is 11.3. The average Bonchev–Trinajstić information content (AvgIpc) is 2.57. The number of nitrogens with zero attached hydrogens (tertiary/aromatic N) is 3. The van der Waals surface area contributed by atoms with E-state index in [4.69, 9.17) is 0 Å². The molecule has 1 fully saturated rings. The van der Waals surface area contributed by atoms with E-state index in [1.54, 1.807) is 6.20 Å². The minimum absolute atomic E-state index is 0.127. The Balaban J connectivity index is 1.92. The predicted molar refractivity (Wildman–Crippen MR) is 98.6 cm³/mol. The number of rotatable bonds is 5. The van der Waals surface area contributed by atoms with Crippen molar-refractivity contribution in [2.24, 2.45) is 4.99 Å². The Labute approximate surface area is 143 Å². The fourth-order valence-corrected chi connectivity index (χ4v) is 3.14. The van der Waals surface area contributed by atoms with Gasteiger partial charge in [0.15, 0.2) is 0 Å². The van der Waals surface area contributed by atoms with Gasteiger partial charge in [-0.3, -0.25) is 4.99 Å². The first-order valence-corrected chi connectivity index (χ1v) is 8.71. The predicted octanol–water partition coefficient (Wildman–Crippen LogP) is 4.29. The van der Waals surface area contributed by atoms with Crippen LogP contribution in [0.3, 0.4) is 0 Å². The molecule has 0 unspecified atom stereocenters. The standard InChI is InChI=1S/C20H24FN3/c1-4-14-8-7-9-18(19(14)21)16-10-15(5-2)20(23-11-16)24-12-17(13-24)22-6-3/h7-11H,4-6,12-13H2,1-3H3. The van der Waals surface area contributed by atoms with Crippen LogP contribution in [0, 0.1) is 5.82 Å². The van der Waals surface area contributed by atoms with E-state index in [1.165, 1.54) is 5.71 Å². The SMILES string of the molecule is CCN=C1CN(c2ncc(-c3cccc(CC)c3F)cc2CC)C1. The van der Waals surface area contributed by atoms with E-state index in [0.717, 1.165) is 48.6 Å². The van der Waals surface area contributed by atoms with Gasteiger partial charge in [-0.1, -0.05) is 32.0 Å². The first-order valence-electron chi connectivity index (χ1n) is 8.71. The first-order chi connectivity index (χ1) is 11.7. The van der Waals surface area contributed by atoms with Crippen molar-refractivity contribution in [1.29, 1.82) is 0 Å². The first kappa shape index (κ1) is 16.6. The smallest absolute Gasteiger partial charge is 0.134 e. The molecule has 1 aliphatic heterocycles. The van der Waals surface area contributed by atoms with Gasteiger partial charge in [0.2, 0.25) is 0 Å². The maximum atomic E-state index is 14.6. The van der Waals surface area contributed by atoms with E-state index in [9.17, 15) is 4.39 Å². The molecule has 0 N–H and O–H groups in total. The maximum absolute atomic E-state index is 14.6. The van der Waals surface area contributed by atoms with E-state index in [2.05, 4.69) is 34.8 Å². The number of hydrogen-bond acceptors (Lipinski definition) is 3. The van der Waals surface area contributed by atoms with Crippen LogP contribution in [0.2, 0.25) is 0 Å². The van der Waals surface area contributed by atoms with Crippen molar-refractivity contribution in [2.75, 3.05) is 24.5 Å². The summed E-state index contributed by atoms with van der Waals surface area (Å²) in [6.07, 6.45) is 3.36. The minimum Gasteiger partial charge on any atom is -0.345 e. The van der Waals surface area contributed by atoms with Gasteiger partial charge in [0.05, 0.1) is 18.8 Å². The molecule has 2 heterocycles. The number of pyridine rings is 1. The molecule has 2 aromatic rings. The lowest BCUT2D eigenvalue weighted by Gasteiger charge is -2.35. The molecule has 126 valence electrons. The van der Waals surface area contributed by atoms with Crippen LogP contribution < -0.4 is 4.90 Å². The highest BCUT2D eigenvalue weighted by Gasteiger charge is 2.25. The van der Waals surface area contributed by atoms with Crippen molar-refractivity contribution in [3.8, 4) is 11.1 Å². The summed E-state index contributed by atoms with van der Waals surface area (Å²) in [6.45, 7) is 8.69. The molecule has 3 nitrogen and oxygen atoms in total. The molecular weight excluding hydrogens is 301 g/mol. The molecule has 4 heteroatoms. The summed E-state index contributed by atoms with van der Waals surface area (Å²) in [5.74, 6) is 0.876. The van der Waals surface area contributed by atoms with E-state index in [0.29, 0.717) is 12.0 Å². The van der Waals surface area contributed by atoms with Gasteiger partial charge < -0.3 is 4.90 Å². The maximum Gasteiger partial charge on any atom is 0.134 e. The highest BCUT2D eigenvalue weighted by Crippen LogP contribution is 2.30. The molecule has 0 atom stereocenters. The molecule has 0 amide bonds. The molecule has 0 radical (unpaired) electrons. The average molecular weight is 325 g/mol. The van der Waals surface area contributed by atoms with Crippen LogP contribution in [0.1, 0.15) is 31.9 Å². The summed E-state index contributed by atoms with van der Waals surface area (Å²) >= 11 is 0. The van der Waals surface area contributed by atoms with Crippen LogP contribution in [0.25, 0.3) is 11.1 Å². The summed E-state index contributed by atoms with van der Waals surface area (Å²) < 4.78 is 14.6. The lowest BCUT2D eigenvalue weighted by Crippen LogP contribution is -2.48. The second-order valence-corrected chi connectivity index (χ2v) is 6.09. The fourth-order valence-electron chi connectivity index (χ4n) is 3.14.